The largest absolute Gasteiger partial charge is 0.339 e. The van der Waals surface area contributed by atoms with E-state index >= 15 is 0 Å². The number of fused-ring (bicyclic) bond motifs is 1. The number of carbonyl (C=O) groups excluding carboxylic acids is 1. The summed E-state index contributed by atoms with van der Waals surface area (Å²) in [5.41, 5.74) is 3.63. The molecular weight excluding hydrogens is 475 g/mol. The van der Waals surface area contributed by atoms with Crippen molar-refractivity contribution in [2.45, 2.75) is 32.0 Å². The number of carbonyl (C=O) groups is 1. The van der Waals surface area contributed by atoms with Crippen LogP contribution in [-0.2, 0) is 0 Å². The van der Waals surface area contributed by atoms with E-state index < -0.39 is 18.6 Å². The summed E-state index contributed by atoms with van der Waals surface area (Å²) in [6, 6.07) is 10.1. The Hall–Kier alpha value is -4.48. The maximum Gasteiger partial charge on any atom is 0.333 e. The average molecular weight is 493 g/mol. The standard InChI is InChI=1S/C24H18F3N7O2/c1-12-2-3-14(21-30-23(36-32-21)15-10-17(15)25)8-19(12)29-22(35)16-11-28-33-6-4-13(9-20(16)33)18-5-7-34(31-18)24(26)27/h2-9,11,15,17,24H,10H2,1H3,(H,29,35)/t15-,17-/m0/s1. The Bertz CT molecular complexity index is 1610. The number of halogens is 3. The molecule has 0 bridgehead atoms. The SMILES string of the molecule is Cc1ccc(-c2noc([C@H]3C[C@@H]3F)n2)cc1NC(=O)c1cnn2ccc(-c3ccn(C(F)F)n3)cc12. The van der Waals surface area contributed by atoms with Gasteiger partial charge >= 0.3 is 6.55 Å². The second-order valence-electron chi connectivity index (χ2n) is 8.56. The number of pyridine rings is 1. The van der Waals surface area contributed by atoms with Gasteiger partial charge in [0.1, 0.15) is 6.17 Å². The quantitative estimate of drug-likeness (QED) is 0.356. The van der Waals surface area contributed by atoms with Gasteiger partial charge in [-0.3, -0.25) is 4.79 Å². The summed E-state index contributed by atoms with van der Waals surface area (Å²) in [5.74, 6) is -0.180. The second-order valence-corrected chi connectivity index (χ2v) is 8.56. The van der Waals surface area contributed by atoms with Gasteiger partial charge in [-0.05, 0) is 43.2 Å². The second kappa shape index (κ2) is 8.33. The molecule has 5 aromatic rings. The molecule has 12 heteroatoms. The lowest BCUT2D eigenvalue weighted by molar-refractivity contribution is 0.0568. The fourth-order valence-corrected chi connectivity index (χ4v) is 3.92. The lowest BCUT2D eigenvalue weighted by atomic mass is 10.1. The van der Waals surface area contributed by atoms with E-state index in [1.807, 2.05) is 13.0 Å². The van der Waals surface area contributed by atoms with Crippen LogP contribution in [0.15, 0.2) is 59.5 Å². The fraction of sp³-hybridized carbons (Fsp3) is 0.208. The van der Waals surface area contributed by atoms with Gasteiger partial charge in [-0.15, -0.1) is 0 Å². The molecule has 0 unspecified atom stereocenters. The minimum atomic E-state index is -2.74. The van der Waals surface area contributed by atoms with Crippen molar-refractivity contribution in [2.24, 2.45) is 0 Å². The van der Waals surface area contributed by atoms with Gasteiger partial charge < -0.3 is 9.84 Å². The molecule has 2 atom stereocenters. The number of benzene rings is 1. The first-order valence-electron chi connectivity index (χ1n) is 11.1. The zero-order valence-corrected chi connectivity index (χ0v) is 18.8. The van der Waals surface area contributed by atoms with Crippen LogP contribution in [-0.4, -0.2) is 41.6 Å². The lowest BCUT2D eigenvalue weighted by Crippen LogP contribution is -2.12. The number of amides is 1. The normalized spacial score (nSPS) is 17.1. The Balaban J connectivity index is 1.28. The Labute approximate surface area is 201 Å². The van der Waals surface area contributed by atoms with Crippen LogP contribution in [0, 0.1) is 6.92 Å². The van der Waals surface area contributed by atoms with Crippen molar-refractivity contribution in [3.05, 3.63) is 72.0 Å². The molecule has 4 aromatic heterocycles. The Kier molecular flexibility index (Phi) is 5.09. The molecule has 36 heavy (non-hydrogen) atoms. The van der Waals surface area contributed by atoms with Gasteiger partial charge in [0, 0.05) is 29.2 Å². The summed E-state index contributed by atoms with van der Waals surface area (Å²) in [5, 5.41) is 14.9. The molecule has 9 nitrogen and oxygen atoms in total. The van der Waals surface area contributed by atoms with E-state index in [0.717, 1.165) is 5.56 Å². The van der Waals surface area contributed by atoms with Crippen LogP contribution < -0.4 is 5.32 Å². The van der Waals surface area contributed by atoms with Gasteiger partial charge in [-0.2, -0.15) is 24.0 Å². The lowest BCUT2D eigenvalue weighted by Gasteiger charge is -2.09. The number of nitrogens with one attached hydrogen (secondary N) is 1. The van der Waals surface area contributed by atoms with Crippen LogP contribution >= 0.6 is 0 Å². The van der Waals surface area contributed by atoms with Crippen LogP contribution in [0.3, 0.4) is 0 Å². The molecule has 0 saturated heterocycles. The molecule has 0 aliphatic heterocycles. The maximum absolute atomic E-state index is 13.3. The van der Waals surface area contributed by atoms with E-state index in [1.54, 1.807) is 30.5 Å². The highest BCUT2D eigenvalue weighted by Crippen LogP contribution is 2.43. The van der Waals surface area contributed by atoms with E-state index in [9.17, 15) is 18.0 Å². The van der Waals surface area contributed by atoms with Gasteiger partial charge in [-0.1, -0.05) is 17.3 Å². The first kappa shape index (κ1) is 22.0. The summed E-state index contributed by atoms with van der Waals surface area (Å²) < 4.78 is 46.4. The number of hydrogen-bond acceptors (Lipinski definition) is 6. The third-order valence-corrected chi connectivity index (χ3v) is 6.09. The zero-order valence-electron chi connectivity index (χ0n) is 18.8. The van der Waals surface area contributed by atoms with Crippen LogP contribution in [0.25, 0.3) is 28.2 Å². The monoisotopic (exact) mass is 493 g/mol. The molecule has 6 rings (SSSR count). The zero-order chi connectivity index (χ0) is 25.0. The van der Waals surface area contributed by atoms with Crippen molar-refractivity contribution >= 4 is 17.1 Å². The maximum atomic E-state index is 13.3. The van der Waals surface area contributed by atoms with Crippen molar-refractivity contribution in [1.29, 1.82) is 0 Å². The fourth-order valence-electron chi connectivity index (χ4n) is 3.92. The summed E-state index contributed by atoms with van der Waals surface area (Å²) in [7, 11) is 0. The van der Waals surface area contributed by atoms with Gasteiger partial charge in [0.2, 0.25) is 11.7 Å². The summed E-state index contributed by atoms with van der Waals surface area (Å²) >= 11 is 0. The van der Waals surface area contributed by atoms with Crippen LogP contribution in [0.4, 0.5) is 18.9 Å². The Morgan fingerprint density at radius 1 is 1.17 bits per heavy atom. The summed E-state index contributed by atoms with van der Waals surface area (Å²) in [4.78, 5) is 17.5. The molecule has 1 N–H and O–H groups in total. The van der Waals surface area contributed by atoms with E-state index in [4.69, 9.17) is 4.52 Å². The minimum Gasteiger partial charge on any atom is -0.339 e. The number of alkyl halides is 3. The van der Waals surface area contributed by atoms with Gasteiger partial charge in [0.05, 0.1) is 28.9 Å². The number of nitrogens with zero attached hydrogens (tertiary/aromatic N) is 6. The molecule has 1 aliphatic rings. The topological polar surface area (TPSA) is 103 Å². The third kappa shape index (κ3) is 3.89. The predicted octanol–water partition coefficient (Wildman–Crippen LogP) is 5.03. The molecule has 1 aliphatic carbocycles. The minimum absolute atomic E-state index is 0.268. The molecule has 1 amide bonds. The van der Waals surface area contributed by atoms with Gasteiger partial charge in [-0.25, -0.2) is 13.6 Å². The highest BCUT2D eigenvalue weighted by molar-refractivity contribution is 6.09. The predicted molar refractivity (Wildman–Crippen MR) is 122 cm³/mol. The third-order valence-electron chi connectivity index (χ3n) is 6.09. The Morgan fingerprint density at radius 3 is 2.75 bits per heavy atom. The number of anilines is 1. The van der Waals surface area contributed by atoms with Crippen molar-refractivity contribution in [3.63, 3.8) is 0 Å². The van der Waals surface area contributed by atoms with Crippen molar-refractivity contribution in [3.8, 4) is 22.6 Å². The highest BCUT2D eigenvalue weighted by Gasteiger charge is 2.43. The molecule has 0 spiro atoms. The van der Waals surface area contributed by atoms with Crippen LogP contribution in [0.5, 0.6) is 0 Å². The number of aryl methyl sites for hydroxylation is 1. The van der Waals surface area contributed by atoms with Crippen molar-refractivity contribution in [1.82, 2.24) is 29.5 Å². The summed E-state index contributed by atoms with van der Waals surface area (Å²) in [6.07, 6.45) is 3.69. The molecule has 1 aromatic carbocycles. The first-order valence-corrected chi connectivity index (χ1v) is 11.1. The van der Waals surface area contributed by atoms with Crippen LogP contribution in [0.1, 0.15) is 40.7 Å². The summed E-state index contributed by atoms with van der Waals surface area (Å²) in [6.45, 7) is -0.905. The Morgan fingerprint density at radius 2 is 2.00 bits per heavy atom. The van der Waals surface area contributed by atoms with Crippen molar-refractivity contribution < 1.29 is 22.5 Å². The average Bonchev–Trinajstić information content (AvgIpc) is 3.32. The molecule has 0 radical (unpaired) electrons. The smallest absolute Gasteiger partial charge is 0.333 e. The highest BCUT2D eigenvalue weighted by atomic mass is 19.3. The number of rotatable bonds is 6. The van der Waals surface area contributed by atoms with Gasteiger partial charge in [0.25, 0.3) is 5.91 Å². The van der Waals surface area contributed by atoms with Crippen LogP contribution in [0.2, 0.25) is 0 Å². The van der Waals surface area contributed by atoms with E-state index in [1.165, 1.54) is 23.0 Å². The molecule has 1 fully saturated rings. The van der Waals surface area contributed by atoms with E-state index in [2.05, 4.69) is 25.7 Å². The number of aromatic nitrogens is 6. The molecule has 4 heterocycles. The molecule has 1 saturated carbocycles. The van der Waals surface area contributed by atoms with E-state index in [0.29, 0.717) is 50.5 Å². The van der Waals surface area contributed by atoms with Crippen molar-refractivity contribution in [2.75, 3.05) is 5.32 Å². The molecule has 182 valence electrons. The molecular formula is C24H18F3N7O2. The van der Waals surface area contributed by atoms with Gasteiger partial charge in [0.15, 0.2) is 0 Å². The number of hydrogen-bond donors (Lipinski definition) is 1. The van der Waals surface area contributed by atoms with E-state index in [-0.39, 0.29) is 11.8 Å². The first-order chi connectivity index (χ1) is 17.4.